The van der Waals surface area contributed by atoms with Crippen LogP contribution in [0.2, 0.25) is 0 Å². The van der Waals surface area contributed by atoms with E-state index in [1.165, 1.54) is 19.3 Å². The molecule has 5 rings (SSSR count). The average Bonchev–Trinajstić information content (AvgIpc) is 3.44. The molecule has 1 N–H and O–H groups in total. The molecule has 3 heterocycles. The number of rotatable bonds is 6. The van der Waals surface area contributed by atoms with E-state index in [0.29, 0.717) is 23.3 Å². The van der Waals surface area contributed by atoms with Gasteiger partial charge in [0.25, 0.3) is 0 Å². The molecule has 0 saturated heterocycles. The van der Waals surface area contributed by atoms with E-state index in [0.717, 1.165) is 54.7 Å². The summed E-state index contributed by atoms with van der Waals surface area (Å²) >= 11 is 0. The summed E-state index contributed by atoms with van der Waals surface area (Å²) in [6.45, 7) is 2.20. The number of sulfone groups is 1. The largest absolute Gasteiger partial charge is 0.345 e. The zero-order valence-corrected chi connectivity index (χ0v) is 18.4. The van der Waals surface area contributed by atoms with Crippen LogP contribution in [0.25, 0.3) is 16.8 Å². The Hall–Kier alpha value is -1.96. The SMILES string of the molecule is CC[C@@H]1C[C@H](CS(=O)(=O)CC2CCCCC2)C[C@@H]1c1nnc2cnc3[nH]ccc3n12. The maximum Gasteiger partial charge on any atom is 0.179 e. The van der Waals surface area contributed by atoms with Crippen LogP contribution in [-0.2, 0) is 9.84 Å². The number of hydrogen-bond donors (Lipinski definition) is 1. The van der Waals surface area contributed by atoms with Gasteiger partial charge in [0.15, 0.2) is 21.1 Å². The Morgan fingerprint density at radius 1 is 1.10 bits per heavy atom. The first-order chi connectivity index (χ1) is 14.5. The van der Waals surface area contributed by atoms with E-state index in [1.54, 1.807) is 6.20 Å². The molecule has 0 unspecified atom stereocenters. The quantitative estimate of drug-likeness (QED) is 0.636. The third-order valence-corrected chi connectivity index (χ3v) is 9.28. The van der Waals surface area contributed by atoms with Crippen molar-refractivity contribution in [1.82, 2.24) is 24.6 Å². The van der Waals surface area contributed by atoms with Crippen LogP contribution >= 0.6 is 0 Å². The number of aromatic amines is 1. The molecule has 2 saturated carbocycles. The lowest BCUT2D eigenvalue weighted by Crippen LogP contribution is -2.24. The van der Waals surface area contributed by atoms with Crippen LogP contribution in [0.4, 0.5) is 0 Å². The Balaban J connectivity index is 1.37. The fourth-order valence-electron chi connectivity index (χ4n) is 5.92. The topological polar surface area (TPSA) is 93.0 Å². The molecular formula is C22H31N5O2S. The second-order valence-electron chi connectivity index (χ2n) is 9.41. The highest BCUT2D eigenvalue weighted by Crippen LogP contribution is 2.45. The van der Waals surface area contributed by atoms with E-state index in [1.807, 2.05) is 12.3 Å². The van der Waals surface area contributed by atoms with Crippen molar-refractivity contribution in [2.75, 3.05) is 11.5 Å². The van der Waals surface area contributed by atoms with Crippen molar-refractivity contribution in [3.63, 3.8) is 0 Å². The Labute approximate surface area is 177 Å². The molecule has 3 aromatic heterocycles. The lowest BCUT2D eigenvalue weighted by Gasteiger charge is -2.22. The molecule has 0 amide bonds. The molecule has 2 aliphatic carbocycles. The van der Waals surface area contributed by atoms with Gasteiger partial charge in [-0.2, -0.15) is 0 Å². The van der Waals surface area contributed by atoms with Crippen LogP contribution in [0.15, 0.2) is 18.5 Å². The molecule has 7 nitrogen and oxygen atoms in total. The van der Waals surface area contributed by atoms with Gasteiger partial charge in [0, 0.05) is 12.1 Å². The first-order valence-electron chi connectivity index (χ1n) is 11.4. The molecule has 30 heavy (non-hydrogen) atoms. The molecule has 0 radical (unpaired) electrons. The third-order valence-electron chi connectivity index (χ3n) is 7.32. The van der Waals surface area contributed by atoms with Crippen molar-refractivity contribution >= 4 is 26.6 Å². The maximum absolute atomic E-state index is 12.9. The van der Waals surface area contributed by atoms with Gasteiger partial charge in [0.05, 0.1) is 23.2 Å². The fraction of sp³-hybridized carbons (Fsp3) is 0.682. The van der Waals surface area contributed by atoms with E-state index in [2.05, 4.69) is 31.5 Å². The summed E-state index contributed by atoms with van der Waals surface area (Å²) < 4.78 is 28.0. The van der Waals surface area contributed by atoms with E-state index in [-0.39, 0.29) is 11.8 Å². The Morgan fingerprint density at radius 2 is 1.90 bits per heavy atom. The summed E-state index contributed by atoms with van der Waals surface area (Å²) in [6.07, 6.45) is 12.3. The summed E-state index contributed by atoms with van der Waals surface area (Å²) in [4.78, 5) is 7.57. The van der Waals surface area contributed by atoms with Crippen LogP contribution in [0.3, 0.4) is 0 Å². The van der Waals surface area contributed by atoms with Crippen LogP contribution < -0.4 is 0 Å². The van der Waals surface area contributed by atoms with Gasteiger partial charge in [0.2, 0.25) is 0 Å². The number of H-pyrrole nitrogens is 1. The van der Waals surface area contributed by atoms with Gasteiger partial charge in [-0.1, -0.05) is 32.6 Å². The Bertz CT molecular complexity index is 1130. The van der Waals surface area contributed by atoms with Crippen molar-refractivity contribution in [1.29, 1.82) is 0 Å². The highest BCUT2D eigenvalue weighted by molar-refractivity contribution is 7.91. The third kappa shape index (κ3) is 3.74. The van der Waals surface area contributed by atoms with Crippen LogP contribution in [0.1, 0.15) is 70.0 Å². The Kier molecular flexibility index (Phi) is 5.29. The number of hydrogen-bond acceptors (Lipinski definition) is 5. The molecule has 0 aromatic carbocycles. The van der Waals surface area contributed by atoms with Gasteiger partial charge in [-0.15, -0.1) is 10.2 Å². The van der Waals surface area contributed by atoms with Gasteiger partial charge in [-0.3, -0.25) is 4.40 Å². The molecule has 0 aliphatic heterocycles. The molecular weight excluding hydrogens is 398 g/mol. The van der Waals surface area contributed by atoms with Crippen molar-refractivity contribution in [3.8, 4) is 0 Å². The highest BCUT2D eigenvalue weighted by Gasteiger charge is 2.39. The van der Waals surface area contributed by atoms with Crippen molar-refractivity contribution < 1.29 is 8.42 Å². The minimum absolute atomic E-state index is 0.212. The number of nitrogens with zero attached hydrogens (tertiary/aromatic N) is 4. The molecule has 2 aliphatic rings. The van der Waals surface area contributed by atoms with E-state index in [4.69, 9.17) is 0 Å². The predicted molar refractivity (Wildman–Crippen MR) is 117 cm³/mol. The Morgan fingerprint density at radius 3 is 2.70 bits per heavy atom. The van der Waals surface area contributed by atoms with Crippen LogP contribution in [0, 0.1) is 17.8 Å². The molecule has 162 valence electrons. The average molecular weight is 430 g/mol. The monoisotopic (exact) mass is 429 g/mol. The van der Waals surface area contributed by atoms with Gasteiger partial charge in [-0.25, -0.2) is 13.4 Å². The van der Waals surface area contributed by atoms with Gasteiger partial charge < -0.3 is 4.98 Å². The minimum Gasteiger partial charge on any atom is -0.345 e. The second-order valence-corrected chi connectivity index (χ2v) is 11.6. The fourth-order valence-corrected chi connectivity index (χ4v) is 8.10. The van der Waals surface area contributed by atoms with Crippen molar-refractivity contribution in [2.45, 2.75) is 64.2 Å². The summed E-state index contributed by atoms with van der Waals surface area (Å²) in [5.41, 5.74) is 2.55. The first-order valence-corrected chi connectivity index (χ1v) is 13.2. The van der Waals surface area contributed by atoms with E-state index < -0.39 is 9.84 Å². The zero-order chi connectivity index (χ0) is 20.7. The smallest absolute Gasteiger partial charge is 0.179 e. The molecule has 3 aromatic rings. The van der Waals surface area contributed by atoms with Gasteiger partial charge in [-0.05, 0) is 49.5 Å². The lowest BCUT2D eigenvalue weighted by molar-refractivity contribution is 0.384. The van der Waals surface area contributed by atoms with Crippen molar-refractivity contribution in [3.05, 3.63) is 24.3 Å². The van der Waals surface area contributed by atoms with Crippen LogP contribution in [0.5, 0.6) is 0 Å². The molecule has 3 atom stereocenters. The zero-order valence-electron chi connectivity index (χ0n) is 17.6. The number of nitrogens with one attached hydrogen (secondary N) is 1. The predicted octanol–water partition coefficient (Wildman–Crippen LogP) is 4.12. The summed E-state index contributed by atoms with van der Waals surface area (Å²) in [6, 6.07) is 2.00. The summed E-state index contributed by atoms with van der Waals surface area (Å²) in [5.74, 6) is 2.93. The normalized spacial score (nSPS) is 26.1. The molecule has 0 spiro atoms. The van der Waals surface area contributed by atoms with Crippen LogP contribution in [-0.4, -0.2) is 44.5 Å². The van der Waals surface area contributed by atoms with E-state index in [9.17, 15) is 8.42 Å². The molecule has 8 heteroatoms. The maximum atomic E-state index is 12.9. The lowest BCUT2D eigenvalue weighted by atomic mass is 9.91. The number of aromatic nitrogens is 5. The molecule has 0 bridgehead atoms. The highest BCUT2D eigenvalue weighted by atomic mass is 32.2. The van der Waals surface area contributed by atoms with Crippen molar-refractivity contribution in [2.24, 2.45) is 17.8 Å². The second kappa shape index (κ2) is 7.94. The van der Waals surface area contributed by atoms with E-state index >= 15 is 0 Å². The summed E-state index contributed by atoms with van der Waals surface area (Å²) in [7, 11) is -3.01. The first kappa shape index (κ1) is 20.0. The molecule has 2 fully saturated rings. The standard InChI is InChI=1S/C22H31N5O2S/c1-2-17-10-16(14-30(28,29)13-15-6-4-3-5-7-15)11-18(17)22-26-25-20-12-24-21-19(27(20)22)8-9-23-21/h8-9,12,15-18,23H,2-7,10-11,13-14H2,1H3/t16-,17+,18-/m0/s1. The number of fused-ring (bicyclic) bond motifs is 3. The summed E-state index contributed by atoms with van der Waals surface area (Å²) in [5, 5.41) is 8.90. The van der Waals surface area contributed by atoms with Gasteiger partial charge >= 0.3 is 0 Å². The van der Waals surface area contributed by atoms with Gasteiger partial charge in [0.1, 0.15) is 5.82 Å². The minimum atomic E-state index is -3.01.